The van der Waals surface area contributed by atoms with Crippen LogP contribution in [0.1, 0.15) is 30.9 Å². The molecule has 0 spiro atoms. The molecule has 0 unspecified atom stereocenters. The predicted octanol–water partition coefficient (Wildman–Crippen LogP) is 2.93. The zero-order valence-corrected chi connectivity index (χ0v) is 8.14. The Bertz CT molecular complexity index is 264. The molecule has 0 aliphatic rings. The quantitative estimate of drug-likeness (QED) is 0.651. The van der Waals surface area contributed by atoms with Crippen LogP contribution in [0.2, 0.25) is 0 Å². The molecule has 0 amide bonds. The lowest BCUT2D eigenvalue weighted by molar-refractivity contribution is 0.407. The van der Waals surface area contributed by atoms with Crippen molar-refractivity contribution in [2.75, 3.05) is 7.11 Å². The van der Waals surface area contributed by atoms with Gasteiger partial charge in [0.1, 0.15) is 5.75 Å². The molecule has 0 atom stereocenters. The van der Waals surface area contributed by atoms with Gasteiger partial charge in [-0.05, 0) is 42.2 Å². The monoisotopic (exact) mass is 163 g/mol. The number of aryl methyl sites for hydroxylation is 1. The molecule has 65 valence electrons. The Hall–Kier alpha value is -0.980. The Morgan fingerprint density at radius 3 is 2.58 bits per heavy atom. The lowest BCUT2D eigenvalue weighted by Gasteiger charge is -2.11. The highest BCUT2D eigenvalue weighted by Crippen LogP contribution is 2.26. The maximum atomic E-state index is 5.27. The number of benzene rings is 1. The van der Waals surface area contributed by atoms with Gasteiger partial charge in [0.25, 0.3) is 0 Å². The molecule has 0 saturated carbocycles. The van der Waals surface area contributed by atoms with Crippen LogP contribution >= 0.6 is 0 Å². The molecule has 0 aliphatic carbocycles. The van der Waals surface area contributed by atoms with Gasteiger partial charge in [0.05, 0.1) is 7.11 Å². The SMILES string of the molecule is COc1cc(C)[c]cc1C(C)C. The van der Waals surface area contributed by atoms with Gasteiger partial charge in [0.2, 0.25) is 0 Å². The number of hydrogen-bond acceptors (Lipinski definition) is 1. The summed E-state index contributed by atoms with van der Waals surface area (Å²) >= 11 is 0. The molecule has 0 aliphatic heterocycles. The fraction of sp³-hybridized carbons (Fsp3) is 0.455. The van der Waals surface area contributed by atoms with E-state index in [4.69, 9.17) is 4.74 Å². The molecule has 0 N–H and O–H groups in total. The van der Waals surface area contributed by atoms with E-state index in [1.807, 2.05) is 19.1 Å². The van der Waals surface area contributed by atoms with Crippen molar-refractivity contribution in [3.63, 3.8) is 0 Å². The third kappa shape index (κ3) is 1.79. The third-order valence-corrected chi connectivity index (χ3v) is 1.93. The Morgan fingerprint density at radius 2 is 2.08 bits per heavy atom. The third-order valence-electron chi connectivity index (χ3n) is 1.93. The van der Waals surface area contributed by atoms with Crippen molar-refractivity contribution < 1.29 is 4.74 Å². The summed E-state index contributed by atoms with van der Waals surface area (Å²) in [5.41, 5.74) is 2.35. The summed E-state index contributed by atoms with van der Waals surface area (Å²) in [5, 5.41) is 0. The molecule has 1 nitrogen and oxygen atoms in total. The second kappa shape index (κ2) is 3.61. The average molecular weight is 163 g/mol. The summed E-state index contributed by atoms with van der Waals surface area (Å²) in [5.74, 6) is 1.47. The molecule has 0 bridgehead atoms. The van der Waals surface area contributed by atoms with Crippen LogP contribution in [0.3, 0.4) is 0 Å². The molecular formula is C11H15O. The smallest absolute Gasteiger partial charge is 0.122 e. The zero-order chi connectivity index (χ0) is 9.14. The van der Waals surface area contributed by atoms with Crippen molar-refractivity contribution in [3.8, 4) is 5.75 Å². The van der Waals surface area contributed by atoms with Crippen LogP contribution in [0, 0.1) is 13.0 Å². The van der Waals surface area contributed by atoms with E-state index < -0.39 is 0 Å². The van der Waals surface area contributed by atoms with Gasteiger partial charge in [-0.1, -0.05) is 13.8 Å². The fourth-order valence-electron chi connectivity index (χ4n) is 1.21. The Labute approximate surface area is 74.4 Å². The zero-order valence-electron chi connectivity index (χ0n) is 8.14. The van der Waals surface area contributed by atoms with Gasteiger partial charge < -0.3 is 4.74 Å². The van der Waals surface area contributed by atoms with E-state index >= 15 is 0 Å². The maximum absolute atomic E-state index is 5.27. The van der Waals surface area contributed by atoms with Gasteiger partial charge in [-0.25, -0.2) is 0 Å². The first-order valence-electron chi connectivity index (χ1n) is 4.21. The fourth-order valence-corrected chi connectivity index (χ4v) is 1.21. The van der Waals surface area contributed by atoms with Crippen LogP contribution in [0.25, 0.3) is 0 Å². The lowest BCUT2D eigenvalue weighted by Crippen LogP contribution is -1.94. The molecule has 1 rings (SSSR count). The summed E-state index contributed by atoms with van der Waals surface area (Å²) in [4.78, 5) is 0. The number of rotatable bonds is 2. The minimum atomic E-state index is 0.497. The van der Waals surface area contributed by atoms with Crippen molar-refractivity contribution in [1.82, 2.24) is 0 Å². The molecule has 0 heterocycles. The van der Waals surface area contributed by atoms with Crippen LogP contribution < -0.4 is 4.74 Å². The number of ether oxygens (including phenoxy) is 1. The van der Waals surface area contributed by atoms with Crippen LogP contribution in [-0.2, 0) is 0 Å². The number of hydrogen-bond donors (Lipinski definition) is 0. The lowest BCUT2D eigenvalue weighted by atomic mass is 10.0. The summed E-state index contributed by atoms with van der Waals surface area (Å²) in [6.07, 6.45) is 0. The number of methoxy groups -OCH3 is 1. The van der Waals surface area contributed by atoms with E-state index in [-0.39, 0.29) is 0 Å². The van der Waals surface area contributed by atoms with E-state index in [0.717, 1.165) is 11.3 Å². The van der Waals surface area contributed by atoms with Crippen LogP contribution in [0.15, 0.2) is 12.1 Å². The molecule has 1 heteroatoms. The molecule has 1 aromatic rings. The van der Waals surface area contributed by atoms with Crippen LogP contribution in [0.5, 0.6) is 5.75 Å². The van der Waals surface area contributed by atoms with E-state index in [9.17, 15) is 0 Å². The first kappa shape index (κ1) is 9.11. The standard InChI is InChI=1S/C11H15O/c1-8(2)10-6-5-9(3)7-11(10)12-4/h6-8H,1-4H3. The second-order valence-corrected chi connectivity index (χ2v) is 3.29. The molecule has 0 fully saturated rings. The minimum absolute atomic E-state index is 0.497. The van der Waals surface area contributed by atoms with Gasteiger partial charge in [-0.3, -0.25) is 0 Å². The van der Waals surface area contributed by atoms with E-state index in [1.54, 1.807) is 7.11 Å². The summed E-state index contributed by atoms with van der Waals surface area (Å²) in [7, 11) is 1.71. The van der Waals surface area contributed by atoms with Crippen molar-refractivity contribution >= 4 is 0 Å². The molecule has 1 radical (unpaired) electrons. The van der Waals surface area contributed by atoms with Crippen molar-refractivity contribution in [2.45, 2.75) is 26.7 Å². The minimum Gasteiger partial charge on any atom is -0.496 e. The topological polar surface area (TPSA) is 9.23 Å². The molecular weight excluding hydrogens is 148 g/mol. The van der Waals surface area contributed by atoms with Crippen molar-refractivity contribution in [1.29, 1.82) is 0 Å². The Kier molecular flexibility index (Phi) is 2.74. The summed E-state index contributed by atoms with van der Waals surface area (Å²) in [6.45, 7) is 6.33. The van der Waals surface area contributed by atoms with Crippen LogP contribution in [-0.4, -0.2) is 7.11 Å². The largest absolute Gasteiger partial charge is 0.496 e. The van der Waals surface area contributed by atoms with Crippen LogP contribution in [0.4, 0.5) is 0 Å². The van der Waals surface area contributed by atoms with E-state index in [0.29, 0.717) is 5.92 Å². The summed E-state index contributed by atoms with van der Waals surface area (Å²) in [6, 6.07) is 7.21. The Morgan fingerprint density at radius 1 is 1.42 bits per heavy atom. The van der Waals surface area contributed by atoms with E-state index in [2.05, 4.69) is 19.9 Å². The highest BCUT2D eigenvalue weighted by molar-refractivity contribution is 5.38. The van der Waals surface area contributed by atoms with Gasteiger partial charge in [0, 0.05) is 0 Å². The molecule has 0 saturated heterocycles. The van der Waals surface area contributed by atoms with E-state index in [1.165, 1.54) is 5.56 Å². The van der Waals surface area contributed by atoms with Gasteiger partial charge in [-0.15, -0.1) is 0 Å². The molecule has 12 heavy (non-hydrogen) atoms. The van der Waals surface area contributed by atoms with Crippen molar-refractivity contribution in [3.05, 3.63) is 29.3 Å². The maximum Gasteiger partial charge on any atom is 0.122 e. The average Bonchev–Trinajstić information content (AvgIpc) is 2.03. The predicted molar refractivity (Wildman–Crippen MR) is 50.7 cm³/mol. The molecule has 0 aromatic heterocycles. The summed E-state index contributed by atoms with van der Waals surface area (Å²) < 4.78 is 5.27. The van der Waals surface area contributed by atoms with Gasteiger partial charge >= 0.3 is 0 Å². The van der Waals surface area contributed by atoms with Gasteiger partial charge in [0.15, 0.2) is 0 Å². The highest BCUT2D eigenvalue weighted by atomic mass is 16.5. The first-order chi connectivity index (χ1) is 5.65. The second-order valence-electron chi connectivity index (χ2n) is 3.29. The Balaban J connectivity index is 3.11. The van der Waals surface area contributed by atoms with Crippen molar-refractivity contribution in [2.24, 2.45) is 0 Å². The molecule has 1 aromatic carbocycles. The normalized spacial score (nSPS) is 10.4. The van der Waals surface area contributed by atoms with Gasteiger partial charge in [-0.2, -0.15) is 0 Å². The highest BCUT2D eigenvalue weighted by Gasteiger charge is 2.06. The first-order valence-corrected chi connectivity index (χ1v) is 4.21.